The number of nitrogens with zero attached hydrogens (tertiary/aromatic N) is 1. The largest absolute Gasteiger partial charge is 0.508 e. The number of aryl methyl sites for hydroxylation is 1. The molecule has 0 saturated heterocycles. The average molecular weight is 259 g/mol. The first-order valence-corrected chi connectivity index (χ1v) is 5.63. The van der Waals surface area contributed by atoms with Crippen molar-refractivity contribution in [1.29, 1.82) is 0 Å². The molecule has 0 atom stereocenters. The topological polar surface area (TPSA) is 62.5 Å². The van der Waals surface area contributed by atoms with Crippen LogP contribution in [0.1, 0.15) is 0 Å². The molecule has 2 aromatic carbocycles. The van der Waals surface area contributed by atoms with Crippen molar-refractivity contribution in [3.8, 4) is 11.5 Å². The van der Waals surface area contributed by atoms with Gasteiger partial charge in [-0.15, -0.1) is 0 Å². The number of fused-ring (bicyclic) bond motifs is 3. The van der Waals surface area contributed by atoms with Crippen molar-refractivity contribution in [1.82, 2.24) is 4.57 Å². The Bertz CT molecular complexity index is 883. The number of pyridine rings is 1. The third-order valence-corrected chi connectivity index (χ3v) is 3.25. The normalized spacial score (nSPS) is 11.3. The Kier molecular flexibility index (Phi) is 2.25. The second kappa shape index (κ2) is 3.71. The van der Waals surface area contributed by atoms with Gasteiger partial charge in [-0.3, -0.25) is 4.79 Å². The SMILES string of the molecule is Cn1c(=O)c2cc(O)ccc2c2cc(F)c(O)cc21. The van der Waals surface area contributed by atoms with Gasteiger partial charge in [0.1, 0.15) is 5.75 Å². The lowest BCUT2D eigenvalue weighted by molar-refractivity contribution is 0.433. The van der Waals surface area contributed by atoms with E-state index in [1.54, 1.807) is 6.07 Å². The van der Waals surface area contributed by atoms with Gasteiger partial charge in [0, 0.05) is 18.5 Å². The van der Waals surface area contributed by atoms with Crippen molar-refractivity contribution in [3.63, 3.8) is 0 Å². The molecule has 0 fully saturated rings. The van der Waals surface area contributed by atoms with Crippen molar-refractivity contribution < 1.29 is 14.6 Å². The lowest BCUT2D eigenvalue weighted by Crippen LogP contribution is -2.17. The number of aromatic nitrogens is 1. The van der Waals surface area contributed by atoms with Gasteiger partial charge in [0.25, 0.3) is 5.56 Å². The maximum atomic E-state index is 13.5. The molecule has 3 aromatic rings. The molecule has 19 heavy (non-hydrogen) atoms. The van der Waals surface area contributed by atoms with E-state index in [-0.39, 0.29) is 11.3 Å². The van der Waals surface area contributed by atoms with Crippen LogP contribution in [0.5, 0.6) is 11.5 Å². The zero-order valence-electron chi connectivity index (χ0n) is 10.0. The van der Waals surface area contributed by atoms with Crippen LogP contribution in [0.25, 0.3) is 21.7 Å². The zero-order valence-corrected chi connectivity index (χ0v) is 10.0. The Morgan fingerprint density at radius 2 is 1.79 bits per heavy atom. The maximum Gasteiger partial charge on any atom is 0.258 e. The maximum absolute atomic E-state index is 13.5. The zero-order chi connectivity index (χ0) is 13.7. The molecule has 0 bridgehead atoms. The van der Waals surface area contributed by atoms with E-state index in [1.165, 1.54) is 35.9 Å². The molecule has 0 aliphatic heterocycles. The fourth-order valence-electron chi connectivity index (χ4n) is 2.28. The van der Waals surface area contributed by atoms with Crippen LogP contribution < -0.4 is 5.56 Å². The van der Waals surface area contributed by atoms with Gasteiger partial charge in [-0.1, -0.05) is 0 Å². The van der Waals surface area contributed by atoms with Crippen LogP contribution in [-0.2, 0) is 7.05 Å². The predicted octanol–water partition coefficient (Wildman–Crippen LogP) is 2.24. The van der Waals surface area contributed by atoms with Crippen molar-refractivity contribution in [2.75, 3.05) is 0 Å². The minimum atomic E-state index is -0.750. The van der Waals surface area contributed by atoms with Crippen LogP contribution in [0.4, 0.5) is 4.39 Å². The number of phenolic OH excluding ortho intramolecular Hbond substituents is 2. The third-order valence-electron chi connectivity index (χ3n) is 3.25. The third kappa shape index (κ3) is 1.55. The molecule has 1 aromatic heterocycles. The minimum Gasteiger partial charge on any atom is -0.508 e. The average Bonchev–Trinajstić information content (AvgIpc) is 2.38. The van der Waals surface area contributed by atoms with Crippen molar-refractivity contribution in [2.24, 2.45) is 7.05 Å². The van der Waals surface area contributed by atoms with E-state index in [1.807, 2.05) is 0 Å². The molecule has 0 radical (unpaired) electrons. The summed E-state index contributed by atoms with van der Waals surface area (Å²) in [6.45, 7) is 0. The lowest BCUT2D eigenvalue weighted by atomic mass is 10.1. The van der Waals surface area contributed by atoms with Crippen molar-refractivity contribution in [3.05, 3.63) is 46.5 Å². The molecule has 4 nitrogen and oxygen atoms in total. The van der Waals surface area contributed by atoms with Crippen LogP contribution in [-0.4, -0.2) is 14.8 Å². The predicted molar refractivity (Wildman–Crippen MR) is 70.0 cm³/mol. The monoisotopic (exact) mass is 259 g/mol. The fourth-order valence-corrected chi connectivity index (χ4v) is 2.28. The number of hydrogen-bond acceptors (Lipinski definition) is 3. The summed E-state index contributed by atoms with van der Waals surface area (Å²) in [6.07, 6.45) is 0. The van der Waals surface area contributed by atoms with Crippen LogP contribution in [0.3, 0.4) is 0 Å². The molecule has 0 aliphatic rings. The van der Waals surface area contributed by atoms with Gasteiger partial charge in [-0.25, -0.2) is 4.39 Å². The van der Waals surface area contributed by atoms with E-state index in [2.05, 4.69) is 0 Å². The van der Waals surface area contributed by atoms with E-state index >= 15 is 0 Å². The van der Waals surface area contributed by atoms with Crippen molar-refractivity contribution in [2.45, 2.75) is 0 Å². The van der Waals surface area contributed by atoms with Gasteiger partial charge in [0.15, 0.2) is 11.6 Å². The summed E-state index contributed by atoms with van der Waals surface area (Å²) >= 11 is 0. The Labute approximate surface area is 107 Å². The van der Waals surface area contributed by atoms with Gasteiger partial charge in [-0.05, 0) is 29.7 Å². The number of halogens is 1. The van der Waals surface area contributed by atoms with Gasteiger partial charge >= 0.3 is 0 Å². The first-order valence-electron chi connectivity index (χ1n) is 5.63. The molecule has 0 saturated carbocycles. The van der Waals surface area contributed by atoms with E-state index in [0.29, 0.717) is 21.7 Å². The van der Waals surface area contributed by atoms with E-state index < -0.39 is 11.6 Å². The number of rotatable bonds is 0. The van der Waals surface area contributed by atoms with Gasteiger partial charge in [0.05, 0.1) is 10.9 Å². The summed E-state index contributed by atoms with van der Waals surface area (Å²) in [5.41, 5.74) is 0.117. The minimum absolute atomic E-state index is 0.0248. The van der Waals surface area contributed by atoms with Crippen LogP contribution in [0, 0.1) is 5.82 Å². The second-order valence-electron chi connectivity index (χ2n) is 4.41. The lowest BCUT2D eigenvalue weighted by Gasteiger charge is -2.10. The first-order chi connectivity index (χ1) is 8.99. The van der Waals surface area contributed by atoms with Gasteiger partial charge in [-0.2, -0.15) is 0 Å². The van der Waals surface area contributed by atoms with Gasteiger partial charge < -0.3 is 14.8 Å². The number of phenols is 2. The van der Waals surface area contributed by atoms with Crippen molar-refractivity contribution >= 4 is 21.7 Å². The summed E-state index contributed by atoms with van der Waals surface area (Å²) in [5, 5.41) is 20.2. The first kappa shape index (κ1) is 11.5. The summed E-state index contributed by atoms with van der Waals surface area (Å²) in [5.74, 6) is -1.27. The molecule has 2 N–H and O–H groups in total. The molecule has 1 heterocycles. The van der Waals surface area contributed by atoms with Crippen LogP contribution in [0.15, 0.2) is 35.1 Å². The highest BCUT2D eigenvalue weighted by molar-refractivity contribution is 6.06. The van der Waals surface area contributed by atoms with E-state index in [9.17, 15) is 19.4 Å². The Balaban J connectivity index is 2.67. The molecule has 0 unspecified atom stereocenters. The molecular weight excluding hydrogens is 249 g/mol. The highest BCUT2D eigenvalue weighted by Crippen LogP contribution is 2.29. The Morgan fingerprint density at radius 3 is 2.53 bits per heavy atom. The standard InChI is InChI=1S/C14H10FNO3/c1-16-12-6-13(18)11(15)5-9(12)8-3-2-7(17)4-10(8)14(16)19/h2-6,17-18H,1H3. The highest BCUT2D eigenvalue weighted by Gasteiger charge is 2.12. The molecule has 5 heteroatoms. The molecule has 0 spiro atoms. The highest BCUT2D eigenvalue weighted by atomic mass is 19.1. The van der Waals surface area contributed by atoms with Crippen LogP contribution >= 0.6 is 0 Å². The summed E-state index contributed by atoms with van der Waals surface area (Å²) in [4.78, 5) is 12.2. The molecule has 96 valence electrons. The number of aromatic hydroxyl groups is 2. The van der Waals surface area contributed by atoms with E-state index in [4.69, 9.17) is 0 Å². The summed E-state index contributed by atoms with van der Waals surface area (Å²) in [7, 11) is 1.53. The summed E-state index contributed by atoms with van der Waals surface area (Å²) in [6, 6.07) is 6.75. The fraction of sp³-hybridized carbons (Fsp3) is 0.0714. The molecule has 3 rings (SSSR count). The smallest absolute Gasteiger partial charge is 0.258 e. The van der Waals surface area contributed by atoms with E-state index in [0.717, 1.165) is 0 Å². The summed E-state index contributed by atoms with van der Waals surface area (Å²) < 4.78 is 14.8. The number of hydrogen-bond donors (Lipinski definition) is 2. The van der Waals surface area contributed by atoms with Crippen LogP contribution in [0.2, 0.25) is 0 Å². The Morgan fingerprint density at radius 1 is 1.05 bits per heavy atom. The molecule has 0 aliphatic carbocycles. The Hall–Kier alpha value is -2.56. The molecular formula is C14H10FNO3. The quantitative estimate of drug-likeness (QED) is 0.609. The molecule has 0 amide bonds. The van der Waals surface area contributed by atoms with Gasteiger partial charge in [0.2, 0.25) is 0 Å². The number of benzene rings is 2. The second-order valence-corrected chi connectivity index (χ2v) is 4.41.